The summed E-state index contributed by atoms with van der Waals surface area (Å²) in [5, 5.41) is 7.60. The Balaban J connectivity index is 1.67. The lowest BCUT2D eigenvalue weighted by Crippen LogP contribution is -2.28. The molecule has 27 heavy (non-hydrogen) atoms. The van der Waals surface area contributed by atoms with Gasteiger partial charge in [0.15, 0.2) is 0 Å². The number of rotatable bonds is 5. The Morgan fingerprint density at radius 1 is 1.19 bits per heavy atom. The van der Waals surface area contributed by atoms with E-state index in [1.54, 1.807) is 0 Å². The number of hydrogen-bond acceptors (Lipinski definition) is 3. The average Bonchev–Trinajstić information content (AvgIpc) is 2.81. The smallest absolute Gasteiger partial charge is 0.251 e. The summed E-state index contributed by atoms with van der Waals surface area (Å²) in [7, 11) is 1.94. The van der Waals surface area contributed by atoms with Gasteiger partial charge in [-0.15, -0.1) is 0 Å². The molecule has 1 fully saturated rings. The van der Waals surface area contributed by atoms with E-state index < -0.39 is 0 Å². The molecule has 1 aromatic heterocycles. The summed E-state index contributed by atoms with van der Waals surface area (Å²) >= 11 is 0. The highest BCUT2D eigenvalue weighted by molar-refractivity contribution is 5.94. The van der Waals surface area contributed by atoms with E-state index in [-0.39, 0.29) is 11.9 Å². The summed E-state index contributed by atoms with van der Waals surface area (Å²) in [6, 6.07) is 7.99. The van der Waals surface area contributed by atoms with Crippen LogP contribution in [-0.2, 0) is 13.6 Å². The van der Waals surface area contributed by atoms with Crippen molar-refractivity contribution in [1.29, 1.82) is 0 Å². The summed E-state index contributed by atoms with van der Waals surface area (Å²) in [5.74, 6) is -0.0251. The van der Waals surface area contributed by atoms with Crippen molar-refractivity contribution in [3.63, 3.8) is 0 Å². The van der Waals surface area contributed by atoms with Crippen LogP contribution in [0.4, 0.5) is 0 Å². The molecule has 1 saturated heterocycles. The summed E-state index contributed by atoms with van der Waals surface area (Å²) in [6.07, 6.45) is 5.23. The predicted octanol–water partition coefficient (Wildman–Crippen LogP) is 3.90. The molecule has 0 aliphatic carbocycles. The monoisotopic (exact) mass is 368 g/mol. The van der Waals surface area contributed by atoms with Gasteiger partial charge in [-0.3, -0.25) is 14.4 Å². The van der Waals surface area contributed by atoms with Crippen LogP contribution in [0.3, 0.4) is 0 Å². The number of nitrogens with zero attached hydrogens (tertiary/aromatic N) is 3. The third-order valence-electron chi connectivity index (χ3n) is 5.64. The van der Waals surface area contributed by atoms with E-state index in [1.807, 2.05) is 50.7 Å². The van der Waals surface area contributed by atoms with Crippen molar-refractivity contribution < 1.29 is 4.79 Å². The molecule has 2 heterocycles. The van der Waals surface area contributed by atoms with Crippen LogP contribution in [0.2, 0.25) is 0 Å². The minimum atomic E-state index is -0.0690. The Morgan fingerprint density at radius 2 is 1.89 bits per heavy atom. The van der Waals surface area contributed by atoms with E-state index in [0.717, 1.165) is 42.1 Å². The molecule has 146 valence electrons. The van der Waals surface area contributed by atoms with Gasteiger partial charge in [-0.1, -0.05) is 25.0 Å². The number of aromatic nitrogens is 2. The normalized spacial score (nSPS) is 16.7. The van der Waals surface area contributed by atoms with Gasteiger partial charge < -0.3 is 5.32 Å². The SMILES string of the molecule is Cc1nn(C)c(C)c1C(C)NC(=O)c1cccc(CN2CCCCCC2)c1. The zero-order chi connectivity index (χ0) is 19.4. The molecule has 1 N–H and O–H groups in total. The molecule has 1 aliphatic rings. The molecule has 1 aromatic carbocycles. The first-order chi connectivity index (χ1) is 13.0. The van der Waals surface area contributed by atoms with Gasteiger partial charge in [-0.25, -0.2) is 0 Å². The van der Waals surface area contributed by atoms with E-state index in [1.165, 1.54) is 31.2 Å². The topological polar surface area (TPSA) is 50.2 Å². The number of amides is 1. The van der Waals surface area contributed by atoms with Crippen LogP contribution in [0.1, 0.15) is 71.5 Å². The molecule has 0 spiro atoms. The molecule has 1 unspecified atom stereocenters. The molecular formula is C22H32N4O. The van der Waals surface area contributed by atoms with Crippen molar-refractivity contribution in [2.75, 3.05) is 13.1 Å². The maximum Gasteiger partial charge on any atom is 0.251 e. The minimum Gasteiger partial charge on any atom is -0.345 e. The van der Waals surface area contributed by atoms with Crippen LogP contribution in [0.25, 0.3) is 0 Å². The van der Waals surface area contributed by atoms with Gasteiger partial charge in [0.05, 0.1) is 11.7 Å². The minimum absolute atomic E-state index is 0.0251. The highest BCUT2D eigenvalue weighted by Crippen LogP contribution is 2.21. The lowest BCUT2D eigenvalue weighted by Gasteiger charge is -2.20. The fraction of sp³-hybridized carbons (Fsp3) is 0.545. The number of hydrogen-bond donors (Lipinski definition) is 1. The fourth-order valence-electron chi connectivity index (χ4n) is 4.13. The molecule has 0 bridgehead atoms. The van der Waals surface area contributed by atoms with E-state index >= 15 is 0 Å². The maximum absolute atomic E-state index is 12.8. The molecule has 0 saturated carbocycles. The van der Waals surface area contributed by atoms with Crippen LogP contribution in [0.5, 0.6) is 0 Å². The first-order valence-electron chi connectivity index (χ1n) is 10.1. The molecule has 5 nitrogen and oxygen atoms in total. The Labute approximate surface area is 162 Å². The van der Waals surface area contributed by atoms with Crippen molar-refractivity contribution in [3.05, 3.63) is 52.3 Å². The van der Waals surface area contributed by atoms with Gasteiger partial charge in [0.1, 0.15) is 0 Å². The second-order valence-electron chi connectivity index (χ2n) is 7.79. The summed E-state index contributed by atoms with van der Waals surface area (Å²) in [4.78, 5) is 15.3. The highest BCUT2D eigenvalue weighted by Gasteiger charge is 2.19. The zero-order valence-corrected chi connectivity index (χ0v) is 17.1. The van der Waals surface area contributed by atoms with Crippen LogP contribution in [0.15, 0.2) is 24.3 Å². The number of nitrogens with one attached hydrogen (secondary N) is 1. The first kappa shape index (κ1) is 19.6. The molecular weight excluding hydrogens is 336 g/mol. The molecule has 0 radical (unpaired) electrons. The quantitative estimate of drug-likeness (QED) is 0.871. The lowest BCUT2D eigenvalue weighted by molar-refractivity contribution is 0.0939. The molecule has 1 amide bonds. The van der Waals surface area contributed by atoms with Crippen LogP contribution in [0, 0.1) is 13.8 Å². The van der Waals surface area contributed by atoms with E-state index in [9.17, 15) is 4.79 Å². The molecule has 3 rings (SSSR count). The van der Waals surface area contributed by atoms with E-state index in [0.29, 0.717) is 0 Å². The van der Waals surface area contributed by atoms with Gasteiger partial charge in [0.25, 0.3) is 5.91 Å². The maximum atomic E-state index is 12.8. The second-order valence-corrected chi connectivity index (χ2v) is 7.79. The van der Waals surface area contributed by atoms with E-state index in [4.69, 9.17) is 0 Å². The van der Waals surface area contributed by atoms with Crippen molar-refractivity contribution in [3.8, 4) is 0 Å². The average molecular weight is 369 g/mol. The fourth-order valence-corrected chi connectivity index (χ4v) is 4.13. The first-order valence-corrected chi connectivity index (χ1v) is 10.1. The largest absolute Gasteiger partial charge is 0.345 e. The number of carbonyl (C=O) groups excluding carboxylic acids is 1. The van der Waals surface area contributed by atoms with Gasteiger partial charge in [0, 0.05) is 30.4 Å². The Morgan fingerprint density at radius 3 is 2.52 bits per heavy atom. The number of likely N-dealkylation sites (tertiary alicyclic amines) is 1. The highest BCUT2D eigenvalue weighted by atomic mass is 16.1. The third kappa shape index (κ3) is 4.78. The summed E-state index contributed by atoms with van der Waals surface area (Å²) in [5.41, 5.74) is 5.11. The summed E-state index contributed by atoms with van der Waals surface area (Å²) in [6.45, 7) is 9.31. The van der Waals surface area contributed by atoms with Crippen molar-refractivity contribution >= 4 is 5.91 Å². The molecule has 1 atom stereocenters. The van der Waals surface area contributed by atoms with Crippen LogP contribution >= 0.6 is 0 Å². The Hall–Kier alpha value is -2.14. The molecule has 2 aromatic rings. The van der Waals surface area contributed by atoms with Crippen molar-refractivity contribution in [2.45, 2.75) is 59.0 Å². The Bertz CT molecular complexity index is 788. The lowest BCUT2D eigenvalue weighted by atomic mass is 10.0. The zero-order valence-electron chi connectivity index (χ0n) is 17.1. The number of benzene rings is 1. The van der Waals surface area contributed by atoms with Crippen molar-refractivity contribution in [2.24, 2.45) is 7.05 Å². The number of carbonyl (C=O) groups is 1. The second kappa shape index (κ2) is 8.70. The standard InChI is InChI=1S/C22H32N4O/c1-16(21-17(2)24-25(4)18(21)3)23-22(27)20-11-9-10-19(14-20)15-26-12-7-5-6-8-13-26/h9-11,14,16H,5-8,12-13,15H2,1-4H3,(H,23,27). The van der Waals surface area contributed by atoms with E-state index in [2.05, 4.69) is 21.4 Å². The van der Waals surface area contributed by atoms with Crippen molar-refractivity contribution in [1.82, 2.24) is 20.0 Å². The number of aryl methyl sites for hydroxylation is 2. The van der Waals surface area contributed by atoms with Crippen LogP contribution in [-0.4, -0.2) is 33.7 Å². The third-order valence-corrected chi connectivity index (χ3v) is 5.64. The molecule has 5 heteroatoms. The summed E-state index contributed by atoms with van der Waals surface area (Å²) < 4.78 is 1.87. The molecule has 1 aliphatic heterocycles. The van der Waals surface area contributed by atoms with Crippen LogP contribution < -0.4 is 5.32 Å². The van der Waals surface area contributed by atoms with Gasteiger partial charge in [0.2, 0.25) is 0 Å². The predicted molar refractivity (Wildman–Crippen MR) is 109 cm³/mol. The Kier molecular flexibility index (Phi) is 6.32. The van der Waals surface area contributed by atoms with Gasteiger partial charge >= 0.3 is 0 Å². The van der Waals surface area contributed by atoms with Gasteiger partial charge in [-0.05, 0) is 64.4 Å². The van der Waals surface area contributed by atoms with Gasteiger partial charge in [-0.2, -0.15) is 5.10 Å².